The molecule has 6 heteroatoms. The van der Waals surface area contributed by atoms with Gasteiger partial charge in [-0.05, 0) is 71.5 Å². The molecule has 3 aromatic carbocycles. The van der Waals surface area contributed by atoms with E-state index in [-0.39, 0.29) is 5.43 Å². The number of para-hydroxylation sites is 3. The second-order valence-electron chi connectivity index (χ2n) is 11.1. The van der Waals surface area contributed by atoms with Crippen molar-refractivity contribution in [3.05, 3.63) is 112 Å². The van der Waals surface area contributed by atoms with E-state index in [0.29, 0.717) is 33.9 Å². The summed E-state index contributed by atoms with van der Waals surface area (Å²) in [4.78, 5) is 26.3. The molecule has 0 bridgehead atoms. The van der Waals surface area contributed by atoms with Crippen LogP contribution < -0.4 is 5.43 Å². The lowest BCUT2D eigenvalue weighted by atomic mass is 9.92. The van der Waals surface area contributed by atoms with Crippen LogP contribution in [0.15, 0.2) is 100 Å². The molecule has 6 nitrogen and oxygen atoms in total. The van der Waals surface area contributed by atoms with Gasteiger partial charge in [0, 0.05) is 0 Å². The van der Waals surface area contributed by atoms with E-state index < -0.39 is 0 Å². The van der Waals surface area contributed by atoms with Gasteiger partial charge in [0.25, 0.3) is 0 Å². The lowest BCUT2D eigenvalue weighted by Crippen LogP contribution is -2.09. The summed E-state index contributed by atoms with van der Waals surface area (Å²) in [6.07, 6.45) is 0. The van der Waals surface area contributed by atoms with Gasteiger partial charge in [-0.1, -0.05) is 70.2 Å². The van der Waals surface area contributed by atoms with Gasteiger partial charge in [0.2, 0.25) is 0 Å². The third-order valence-corrected chi connectivity index (χ3v) is 7.75. The van der Waals surface area contributed by atoms with Gasteiger partial charge < -0.3 is 9.40 Å². The number of pyridine rings is 2. The van der Waals surface area contributed by atoms with Crippen LogP contribution in [0.5, 0.6) is 0 Å². The molecule has 4 heterocycles. The number of H-pyrrole nitrogens is 1. The van der Waals surface area contributed by atoms with Crippen LogP contribution in [0.1, 0.15) is 50.7 Å². The summed E-state index contributed by atoms with van der Waals surface area (Å²) in [5.41, 5.74) is 9.81. The Morgan fingerprint density at radius 3 is 2.20 bits per heavy atom. The number of furan rings is 1. The molecular weight excluding hydrogens is 508 g/mol. The van der Waals surface area contributed by atoms with Crippen molar-refractivity contribution in [2.75, 3.05) is 0 Å². The van der Waals surface area contributed by atoms with E-state index in [2.05, 4.69) is 73.6 Å². The minimum atomic E-state index is -0.0742. The van der Waals surface area contributed by atoms with Crippen molar-refractivity contribution in [2.24, 2.45) is 0 Å². The van der Waals surface area contributed by atoms with Crippen LogP contribution in [0.4, 0.5) is 0 Å². The van der Waals surface area contributed by atoms with E-state index in [1.807, 2.05) is 42.5 Å². The van der Waals surface area contributed by atoms with Crippen LogP contribution in [0, 0.1) is 0 Å². The molecule has 0 unspecified atom stereocenters. The number of fused-ring (bicyclic) bond motifs is 4. The quantitative estimate of drug-likeness (QED) is 0.238. The fourth-order valence-electron chi connectivity index (χ4n) is 5.76. The second kappa shape index (κ2) is 9.59. The molecule has 0 spiro atoms. The van der Waals surface area contributed by atoms with Gasteiger partial charge >= 0.3 is 0 Å². The van der Waals surface area contributed by atoms with Crippen molar-refractivity contribution in [3.63, 3.8) is 0 Å². The zero-order valence-electron chi connectivity index (χ0n) is 23.5. The SMILES string of the molecule is CC(C)c1cccc(C(C)C)c1-n1c(-c2cccc(-c3ccc4oc5cccc(=O)c5c4[nH]3)n2)nc2ccccc21. The fourth-order valence-corrected chi connectivity index (χ4v) is 5.76. The normalized spacial score (nSPS) is 12.0. The molecule has 4 aromatic heterocycles. The summed E-state index contributed by atoms with van der Waals surface area (Å²) in [6.45, 7) is 8.94. The molecule has 0 aliphatic rings. The lowest BCUT2D eigenvalue weighted by molar-refractivity contribution is 0.668. The standard InChI is InChI=1S/C35H30N4O2/c1-20(2)22-10-7-11-23(21(3)4)34(22)39-28-15-6-5-12-26(28)38-35(39)27-14-8-13-24(36-27)25-18-19-31-33(37-25)32-29(40)16-9-17-30(32)41-31/h5-21,37H,1-4H3. The van der Waals surface area contributed by atoms with E-state index in [0.717, 1.165) is 33.9 Å². The lowest BCUT2D eigenvalue weighted by Gasteiger charge is -2.22. The van der Waals surface area contributed by atoms with Gasteiger partial charge in [-0.3, -0.25) is 9.36 Å². The van der Waals surface area contributed by atoms with Crippen molar-refractivity contribution < 1.29 is 4.42 Å². The Morgan fingerprint density at radius 2 is 1.41 bits per heavy atom. The first kappa shape index (κ1) is 25.0. The zero-order valence-corrected chi connectivity index (χ0v) is 23.5. The minimum Gasteiger partial charge on any atom is -0.454 e. The molecule has 202 valence electrons. The summed E-state index contributed by atoms with van der Waals surface area (Å²) in [7, 11) is 0. The Bertz CT molecular complexity index is 2120. The monoisotopic (exact) mass is 538 g/mol. The number of benzene rings is 3. The molecular formula is C35H30N4O2. The van der Waals surface area contributed by atoms with Gasteiger partial charge in [-0.15, -0.1) is 0 Å². The van der Waals surface area contributed by atoms with Crippen LogP contribution >= 0.6 is 0 Å². The maximum atomic E-state index is 12.6. The largest absolute Gasteiger partial charge is 0.454 e. The molecule has 0 amide bonds. The van der Waals surface area contributed by atoms with Crippen LogP contribution in [-0.4, -0.2) is 19.5 Å². The van der Waals surface area contributed by atoms with E-state index in [1.54, 1.807) is 12.1 Å². The topological polar surface area (TPSA) is 76.7 Å². The summed E-state index contributed by atoms with van der Waals surface area (Å²) in [5.74, 6) is 1.45. The minimum absolute atomic E-state index is 0.0742. The Morgan fingerprint density at radius 1 is 0.707 bits per heavy atom. The number of hydrogen-bond acceptors (Lipinski definition) is 4. The predicted octanol–water partition coefficient (Wildman–Crippen LogP) is 8.59. The highest BCUT2D eigenvalue weighted by molar-refractivity contribution is 6.02. The average molecular weight is 539 g/mol. The van der Waals surface area contributed by atoms with Crippen LogP contribution in [0.3, 0.4) is 0 Å². The van der Waals surface area contributed by atoms with E-state index in [9.17, 15) is 4.79 Å². The number of aromatic amines is 1. The number of rotatable bonds is 5. The molecule has 0 saturated carbocycles. The smallest absolute Gasteiger partial charge is 0.191 e. The van der Waals surface area contributed by atoms with E-state index in [4.69, 9.17) is 14.4 Å². The summed E-state index contributed by atoms with van der Waals surface area (Å²) < 4.78 is 8.20. The Balaban J connectivity index is 1.46. The van der Waals surface area contributed by atoms with Crippen LogP contribution in [0.25, 0.3) is 61.7 Å². The first-order chi connectivity index (χ1) is 19.9. The fraction of sp³-hybridized carbons (Fsp3) is 0.171. The molecule has 7 aromatic rings. The number of imidazole rings is 1. The maximum absolute atomic E-state index is 12.6. The Labute approximate surface area is 237 Å². The van der Waals surface area contributed by atoms with E-state index in [1.165, 1.54) is 16.8 Å². The third-order valence-electron chi connectivity index (χ3n) is 7.75. The van der Waals surface area contributed by atoms with Crippen molar-refractivity contribution in [2.45, 2.75) is 39.5 Å². The molecule has 0 aliphatic heterocycles. The molecule has 0 fully saturated rings. The molecule has 0 aliphatic carbocycles. The molecule has 1 N–H and O–H groups in total. The number of aromatic nitrogens is 4. The predicted molar refractivity (Wildman–Crippen MR) is 166 cm³/mol. The van der Waals surface area contributed by atoms with Crippen molar-refractivity contribution in [1.29, 1.82) is 0 Å². The molecule has 0 radical (unpaired) electrons. The van der Waals surface area contributed by atoms with Gasteiger partial charge in [-0.2, -0.15) is 0 Å². The number of nitrogens with zero attached hydrogens (tertiary/aromatic N) is 3. The molecule has 7 rings (SSSR count). The van der Waals surface area contributed by atoms with Gasteiger partial charge in [0.15, 0.2) is 16.8 Å². The van der Waals surface area contributed by atoms with Crippen molar-refractivity contribution >= 4 is 33.1 Å². The maximum Gasteiger partial charge on any atom is 0.191 e. The van der Waals surface area contributed by atoms with Gasteiger partial charge in [0.1, 0.15) is 11.3 Å². The summed E-state index contributed by atoms with van der Waals surface area (Å²) >= 11 is 0. The second-order valence-corrected chi connectivity index (χ2v) is 11.1. The molecule has 0 atom stereocenters. The van der Waals surface area contributed by atoms with Crippen molar-refractivity contribution in [3.8, 4) is 28.6 Å². The Hall–Kier alpha value is -4.97. The van der Waals surface area contributed by atoms with Gasteiger partial charge in [0.05, 0.1) is 39.0 Å². The third kappa shape index (κ3) is 4.06. The summed E-state index contributed by atoms with van der Waals surface area (Å²) in [6, 6.07) is 29.8. The average Bonchev–Trinajstić information content (AvgIpc) is 3.55. The van der Waals surface area contributed by atoms with Crippen molar-refractivity contribution in [1.82, 2.24) is 19.5 Å². The highest BCUT2D eigenvalue weighted by Crippen LogP contribution is 2.37. The molecule has 0 saturated heterocycles. The highest BCUT2D eigenvalue weighted by atomic mass is 16.3. The van der Waals surface area contributed by atoms with E-state index >= 15 is 0 Å². The zero-order chi connectivity index (χ0) is 28.2. The number of nitrogens with one attached hydrogen (secondary N) is 1. The first-order valence-electron chi connectivity index (χ1n) is 14.0. The molecule has 41 heavy (non-hydrogen) atoms. The summed E-state index contributed by atoms with van der Waals surface area (Å²) in [5, 5.41) is 0.550. The Kier molecular flexibility index (Phi) is 5.86. The van der Waals surface area contributed by atoms with Crippen LogP contribution in [-0.2, 0) is 0 Å². The van der Waals surface area contributed by atoms with Gasteiger partial charge in [-0.25, -0.2) is 9.97 Å². The number of hydrogen-bond donors (Lipinski definition) is 1. The highest BCUT2D eigenvalue weighted by Gasteiger charge is 2.23. The first-order valence-corrected chi connectivity index (χ1v) is 14.0. The van der Waals surface area contributed by atoms with Crippen LogP contribution in [0.2, 0.25) is 0 Å².